The molecule has 1 heterocycles. The first-order valence-electron chi connectivity index (χ1n) is 6.59. The van der Waals surface area contributed by atoms with Crippen molar-refractivity contribution in [2.45, 2.75) is 38.1 Å². The summed E-state index contributed by atoms with van der Waals surface area (Å²) in [6.07, 6.45) is 6.85. The molecule has 4 fully saturated rings. The van der Waals surface area contributed by atoms with Gasteiger partial charge in [0.15, 0.2) is 0 Å². The van der Waals surface area contributed by atoms with Crippen molar-refractivity contribution in [3.63, 3.8) is 0 Å². The van der Waals surface area contributed by atoms with Gasteiger partial charge in [-0.1, -0.05) is 11.6 Å². The van der Waals surface area contributed by atoms with Crippen molar-refractivity contribution in [3.8, 4) is 0 Å². The molecule has 0 N–H and O–H groups in total. The third-order valence-corrected chi connectivity index (χ3v) is 6.32. The lowest BCUT2D eigenvalue weighted by Gasteiger charge is -2.54. The summed E-state index contributed by atoms with van der Waals surface area (Å²) in [4.78, 5) is 12.0. The van der Waals surface area contributed by atoms with Crippen LogP contribution in [0, 0.1) is 23.7 Å². The second-order valence-electron chi connectivity index (χ2n) is 6.13. The molecule has 0 unspecified atom stereocenters. The van der Waals surface area contributed by atoms with E-state index in [0.717, 1.165) is 23.7 Å². The molecule has 2 nitrogen and oxygen atoms in total. The zero-order chi connectivity index (χ0) is 11.6. The molecule has 5 rings (SSSR count). The van der Waals surface area contributed by atoms with Crippen molar-refractivity contribution in [2.75, 3.05) is 0 Å². The van der Waals surface area contributed by atoms with Crippen LogP contribution >= 0.6 is 23.1 Å². The van der Waals surface area contributed by atoms with Gasteiger partial charge in [0, 0.05) is 6.07 Å². The van der Waals surface area contributed by atoms with Crippen molar-refractivity contribution >= 4 is 23.1 Å². The number of hydrogen-bond acceptors (Lipinski definition) is 2. The van der Waals surface area contributed by atoms with Crippen LogP contribution in [0.15, 0.2) is 10.9 Å². The Morgan fingerprint density at radius 3 is 2.18 bits per heavy atom. The van der Waals surface area contributed by atoms with Crippen molar-refractivity contribution in [3.05, 3.63) is 20.8 Å². The van der Waals surface area contributed by atoms with Crippen molar-refractivity contribution in [1.82, 2.24) is 3.96 Å². The Labute approximate surface area is 110 Å². The normalized spacial score (nSPS) is 43.2. The van der Waals surface area contributed by atoms with E-state index in [0.29, 0.717) is 10.4 Å². The quantitative estimate of drug-likeness (QED) is 0.764. The Balaban J connectivity index is 1.75. The van der Waals surface area contributed by atoms with Gasteiger partial charge >= 0.3 is 0 Å². The van der Waals surface area contributed by atoms with E-state index >= 15 is 0 Å². The smallest absolute Gasteiger partial charge is 0.262 e. The highest BCUT2D eigenvalue weighted by Crippen LogP contribution is 2.58. The standard InChI is InChI=1S/C13H16ClNOS/c14-11-6-12(16)15(17-11)13-9-2-7-1-8(4-9)5-10(13)3-7/h6-10,13H,1-5H2. The molecule has 4 aliphatic carbocycles. The summed E-state index contributed by atoms with van der Waals surface area (Å²) < 4.78 is 2.62. The van der Waals surface area contributed by atoms with Gasteiger partial charge in [0.25, 0.3) is 5.56 Å². The topological polar surface area (TPSA) is 22.0 Å². The highest BCUT2D eigenvalue weighted by atomic mass is 35.5. The number of hydrogen-bond donors (Lipinski definition) is 0. The number of halogens is 1. The minimum Gasteiger partial charge on any atom is -0.268 e. The first-order valence-corrected chi connectivity index (χ1v) is 7.74. The van der Waals surface area contributed by atoms with Gasteiger partial charge in [0.1, 0.15) is 4.34 Å². The highest BCUT2D eigenvalue weighted by molar-refractivity contribution is 7.11. The lowest BCUT2D eigenvalue weighted by atomic mass is 9.54. The van der Waals surface area contributed by atoms with Crippen molar-refractivity contribution in [2.24, 2.45) is 23.7 Å². The molecule has 0 aliphatic heterocycles. The molecular weight excluding hydrogens is 254 g/mol. The molecule has 0 aromatic carbocycles. The average Bonchev–Trinajstić information content (AvgIpc) is 2.56. The summed E-state index contributed by atoms with van der Waals surface area (Å²) in [5, 5.41) is 0. The van der Waals surface area contributed by atoms with Gasteiger partial charge in [-0.05, 0) is 67.3 Å². The molecule has 0 amide bonds. The van der Waals surface area contributed by atoms with Gasteiger partial charge in [0.05, 0.1) is 6.04 Å². The molecule has 4 aliphatic rings. The molecule has 4 bridgehead atoms. The molecule has 0 saturated heterocycles. The van der Waals surface area contributed by atoms with Gasteiger partial charge in [-0.15, -0.1) is 0 Å². The number of nitrogens with zero attached hydrogens (tertiary/aromatic N) is 1. The fraction of sp³-hybridized carbons (Fsp3) is 0.769. The molecule has 1 aromatic heterocycles. The molecule has 1 aromatic rings. The highest BCUT2D eigenvalue weighted by Gasteiger charge is 2.49. The third-order valence-electron chi connectivity index (χ3n) is 5.09. The van der Waals surface area contributed by atoms with Crippen LogP contribution in [0.5, 0.6) is 0 Å². The molecule has 0 radical (unpaired) electrons. The maximum atomic E-state index is 12.0. The third kappa shape index (κ3) is 1.55. The molecule has 0 atom stereocenters. The van der Waals surface area contributed by atoms with Crippen LogP contribution in [0.2, 0.25) is 4.34 Å². The Morgan fingerprint density at radius 2 is 1.71 bits per heavy atom. The Morgan fingerprint density at radius 1 is 1.12 bits per heavy atom. The van der Waals surface area contributed by atoms with E-state index in [9.17, 15) is 4.79 Å². The SMILES string of the molecule is O=c1cc(Cl)sn1C1C2CC3CC(C2)CC1C3. The van der Waals surface area contributed by atoms with E-state index in [2.05, 4.69) is 0 Å². The van der Waals surface area contributed by atoms with Gasteiger partial charge in [0.2, 0.25) is 0 Å². The predicted octanol–water partition coefficient (Wildman–Crippen LogP) is 3.56. The van der Waals surface area contributed by atoms with Crippen LogP contribution in [0.4, 0.5) is 0 Å². The minimum absolute atomic E-state index is 0.123. The molecule has 4 saturated carbocycles. The molecule has 92 valence electrons. The lowest BCUT2D eigenvalue weighted by molar-refractivity contribution is -0.0262. The van der Waals surface area contributed by atoms with E-state index in [-0.39, 0.29) is 5.56 Å². The predicted molar refractivity (Wildman–Crippen MR) is 69.7 cm³/mol. The number of rotatable bonds is 1. The summed E-state index contributed by atoms with van der Waals surface area (Å²) in [7, 11) is 0. The fourth-order valence-corrected chi connectivity index (χ4v) is 6.08. The van der Waals surface area contributed by atoms with Crippen LogP contribution < -0.4 is 5.56 Å². The Kier molecular flexibility index (Phi) is 2.26. The summed E-state index contributed by atoms with van der Waals surface area (Å²) in [6, 6.07) is 2.05. The van der Waals surface area contributed by atoms with Crippen LogP contribution in [-0.4, -0.2) is 3.96 Å². The molecule has 0 spiro atoms. The fourth-order valence-electron chi connectivity index (χ4n) is 4.81. The maximum absolute atomic E-state index is 12.0. The average molecular weight is 270 g/mol. The van der Waals surface area contributed by atoms with Gasteiger partial charge < -0.3 is 0 Å². The summed E-state index contributed by atoms with van der Waals surface area (Å²) >= 11 is 7.44. The van der Waals surface area contributed by atoms with Crippen LogP contribution in [-0.2, 0) is 0 Å². The van der Waals surface area contributed by atoms with E-state index in [1.54, 1.807) is 6.07 Å². The van der Waals surface area contributed by atoms with Crippen LogP contribution in [0.25, 0.3) is 0 Å². The van der Waals surface area contributed by atoms with E-state index in [4.69, 9.17) is 11.6 Å². The zero-order valence-electron chi connectivity index (χ0n) is 9.64. The summed E-state index contributed by atoms with van der Waals surface area (Å²) in [5.41, 5.74) is 0.123. The van der Waals surface area contributed by atoms with Crippen molar-refractivity contribution < 1.29 is 0 Å². The summed E-state index contributed by atoms with van der Waals surface area (Å²) in [5.74, 6) is 3.41. The Bertz CT molecular complexity index is 478. The first kappa shape index (κ1) is 10.6. The molecular formula is C13H16ClNOS. The van der Waals surface area contributed by atoms with E-state index in [1.165, 1.54) is 43.6 Å². The van der Waals surface area contributed by atoms with Crippen LogP contribution in [0.1, 0.15) is 38.1 Å². The Hall–Kier alpha value is -0.280. The second-order valence-corrected chi connectivity index (χ2v) is 7.77. The van der Waals surface area contributed by atoms with Gasteiger partial charge in [-0.25, -0.2) is 0 Å². The molecule has 4 heteroatoms. The van der Waals surface area contributed by atoms with Gasteiger partial charge in [-0.3, -0.25) is 8.75 Å². The van der Waals surface area contributed by atoms with Crippen molar-refractivity contribution in [1.29, 1.82) is 0 Å². The van der Waals surface area contributed by atoms with Crippen LogP contribution in [0.3, 0.4) is 0 Å². The monoisotopic (exact) mass is 269 g/mol. The zero-order valence-corrected chi connectivity index (χ0v) is 11.2. The second kappa shape index (κ2) is 3.61. The first-order chi connectivity index (χ1) is 8.20. The lowest BCUT2D eigenvalue weighted by Crippen LogP contribution is -2.47. The molecule has 17 heavy (non-hydrogen) atoms. The maximum Gasteiger partial charge on any atom is 0.262 e. The van der Waals surface area contributed by atoms with Gasteiger partial charge in [-0.2, -0.15) is 0 Å². The summed E-state index contributed by atoms with van der Waals surface area (Å²) in [6.45, 7) is 0. The largest absolute Gasteiger partial charge is 0.268 e. The number of aromatic nitrogens is 1. The van der Waals surface area contributed by atoms with E-state index < -0.39 is 0 Å². The minimum atomic E-state index is 0.123. The van der Waals surface area contributed by atoms with E-state index in [1.807, 2.05) is 3.96 Å².